The first-order valence-electron chi connectivity index (χ1n) is 13.0. The van der Waals surface area contributed by atoms with Gasteiger partial charge in [-0.05, 0) is 0 Å². The number of hydrazone groups is 1. The van der Waals surface area contributed by atoms with Crippen LogP contribution in [0.3, 0.4) is 0 Å². The highest BCUT2D eigenvalue weighted by Crippen LogP contribution is 2.20. The number of hydrogen-bond donors (Lipinski definition) is 1. The van der Waals surface area contributed by atoms with Crippen LogP contribution in [-0.4, -0.2) is 82.5 Å². The van der Waals surface area contributed by atoms with Crippen molar-refractivity contribution in [3.63, 3.8) is 0 Å². The fourth-order valence-corrected chi connectivity index (χ4v) is 3.83. The van der Waals surface area contributed by atoms with Crippen molar-refractivity contribution in [3.05, 3.63) is 46.8 Å². The molecular formula is C28H32N4O12. The van der Waals surface area contributed by atoms with Crippen LogP contribution in [0.4, 0.5) is 5.95 Å². The second kappa shape index (κ2) is 16.3. The molecule has 236 valence electrons. The molecule has 1 aromatic heterocycles. The molecule has 1 aromatic carbocycles. The van der Waals surface area contributed by atoms with Gasteiger partial charge in [-0.2, -0.15) is 5.10 Å². The molecule has 0 amide bonds. The average molecular weight is 617 g/mol. The van der Waals surface area contributed by atoms with Gasteiger partial charge in [0.25, 0.3) is 5.56 Å². The lowest BCUT2D eigenvalue weighted by Crippen LogP contribution is -2.53. The van der Waals surface area contributed by atoms with Crippen molar-refractivity contribution in [2.24, 2.45) is 5.10 Å². The van der Waals surface area contributed by atoms with E-state index in [1.165, 1.54) is 0 Å². The smallest absolute Gasteiger partial charge is 0.303 e. The van der Waals surface area contributed by atoms with Crippen molar-refractivity contribution in [1.82, 2.24) is 9.55 Å². The summed E-state index contributed by atoms with van der Waals surface area (Å²) in [6.07, 6.45) is -5.67. The number of nitrogens with zero attached hydrogens (tertiary/aromatic N) is 3. The van der Waals surface area contributed by atoms with Gasteiger partial charge in [-0.3, -0.25) is 33.6 Å². The van der Waals surface area contributed by atoms with Gasteiger partial charge in [-0.1, -0.05) is 30.3 Å². The summed E-state index contributed by atoms with van der Waals surface area (Å²) in [7, 11) is 0. The molecule has 2 aromatic rings. The van der Waals surface area contributed by atoms with E-state index in [4.69, 9.17) is 23.7 Å². The summed E-state index contributed by atoms with van der Waals surface area (Å²) in [5, 5.41) is 3.95. The van der Waals surface area contributed by atoms with Crippen molar-refractivity contribution < 1.29 is 52.5 Å². The summed E-state index contributed by atoms with van der Waals surface area (Å²) in [5.41, 5.74) is 2.50. The number of benzene rings is 1. The van der Waals surface area contributed by atoms with Gasteiger partial charge in [0.05, 0.1) is 11.9 Å². The number of rotatable bonds is 13. The minimum absolute atomic E-state index is 0.213. The molecule has 0 radical (unpaired) electrons. The molecule has 0 fully saturated rings. The van der Waals surface area contributed by atoms with Crippen molar-refractivity contribution in [1.29, 1.82) is 0 Å². The van der Waals surface area contributed by atoms with Gasteiger partial charge in [0.2, 0.25) is 11.9 Å². The van der Waals surface area contributed by atoms with Gasteiger partial charge in [-0.15, -0.1) is 0 Å². The minimum Gasteiger partial charge on any atom is -0.462 e. The second-order valence-corrected chi connectivity index (χ2v) is 9.09. The number of anilines is 1. The lowest BCUT2D eigenvalue weighted by molar-refractivity contribution is -0.197. The molecule has 0 saturated heterocycles. The fourth-order valence-electron chi connectivity index (χ4n) is 3.83. The zero-order valence-corrected chi connectivity index (χ0v) is 24.8. The molecule has 0 bridgehead atoms. The molecule has 1 heterocycles. The number of hydrogen-bond acceptors (Lipinski definition) is 15. The quantitative estimate of drug-likeness (QED) is 0.145. The maximum absolute atomic E-state index is 12.8. The summed E-state index contributed by atoms with van der Waals surface area (Å²) in [5.74, 6) is -5.38. The summed E-state index contributed by atoms with van der Waals surface area (Å²) in [4.78, 5) is 88.9. The molecule has 0 unspecified atom stereocenters. The molecule has 16 heteroatoms. The maximum atomic E-state index is 12.8. The molecule has 1 N–H and O–H groups in total. The Labute approximate surface area is 251 Å². The van der Waals surface area contributed by atoms with Gasteiger partial charge in [0.15, 0.2) is 24.4 Å². The molecule has 0 aliphatic heterocycles. The minimum atomic E-state index is -1.72. The lowest BCUT2D eigenvalue weighted by Gasteiger charge is -2.34. The molecule has 0 aliphatic carbocycles. The van der Waals surface area contributed by atoms with Gasteiger partial charge in [0.1, 0.15) is 6.61 Å². The van der Waals surface area contributed by atoms with Crippen LogP contribution in [0.1, 0.15) is 46.3 Å². The van der Waals surface area contributed by atoms with Crippen LogP contribution in [0.25, 0.3) is 11.3 Å². The molecule has 16 nitrogen and oxygen atoms in total. The topological polar surface area (TPSA) is 208 Å². The molecule has 0 saturated carbocycles. The van der Waals surface area contributed by atoms with Crippen LogP contribution in [-0.2, 0) is 47.7 Å². The van der Waals surface area contributed by atoms with Gasteiger partial charge in [0, 0.05) is 53.2 Å². The van der Waals surface area contributed by atoms with Crippen LogP contribution < -0.4 is 11.0 Å². The van der Waals surface area contributed by atoms with Gasteiger partial charge < -0.3 is 23.7 Å². The third kappa shape index (κ3) is 10.8. The predicted molar refractivity (Wildman–Crippen MR) is 151 cm³/mol. The van der Waals surface area contributed by atoms with Crippen LogP contribution in [0, 0.1) is 0 Å². The van der Waals surface area contributed by atoms with E-state index in [-0.39, 0.29) is 11.6 Å². The van der Waals surface area contributed by atoms with Gasteiger partial charge >= 0.3 is 29.8 Å². The first-order valence-corrected chi connectivity index (χ1v) is 13.0. The Kier molecular flexibility index (Phi) is 12.9. The first-order chi connectivity index (χ1) is 20.7. The van der Waals surface area contributed by atoms with E-state index in [1.54, 1.807) is 30.3 Å². The predicted octanol–water partition coefficient (Wildman–Crippen LogP) is 1.26. The normalized spacial score (nSPS) is 13.5. The monoisotopic (exact) mass is 616 g/mol. The molecule has 44 heavy (non-hydrogen) atoms. The molecule has 2 rings (SSSR count). The average Bonchev–Trinajstić information content (AvgIpc) is 2.91. The Balaban J connectivity index is 2.61. The Morgan fingerprint density at radius 1 is 0.818 bits per heavy atom. The van der Waals surface area contributed by atoms with Crippen molar-refractivity contribution in [2.45, 2.75) is 66.0 Å². The summed E-state index contributed by atoms with van der Waals surface area (Å²) < 4.78 is 26.8. The fraction of sp³-hybridized carbons (Fsp3) is 0.393. The van der Waals surface area contributed by atoms with Crippen LogP contribution in [0.5, 0.6) is 0 Å². The third-order valence-electron chi connectivity index (χ3n) is 5.38. The Bertz CT molecular complexity index is 1470. The van der Waals surface area contributed by atoms with E-state index >= 15 is 0 Å². The number of carbonyl (C=O) groups excluding carboxylic acids is 6. The SMILES string of the molecule is CC(=O)OC[C@@H](OC(C)=O)[C@@H](OC(C)=O)[C@H](OC(C)=O)[C@@H](/C=N/Nc1nc(-c2ccccc2)cc(=O)n1C(C)=O)OC(C)=O. The van der Waals surface area contributed by atoms with Gasteiger partial charge in [-0.25, -0.2) is 15.0 Å². The van der Waals surface area contributed by atoms with E-state index < -0.39 is 72.3 Å². The van der Waals surface area contributed by atoms with Crippen LogP contribution in [0.15, 0.2) is 46.3 Å². The van der Waals surface area contributed by atoms with E-state index in [9.17, 15) is 33.6 Å². The van der Waals surface area contributed by atoms with E-state index in [0.29, 0.717) is 10.1 Å². The molecule has 4 atom stereocenters. The Morgan fingerprint density at radius 2 is 1.39 bits per heavy atom. The highest BCUT2D eigenvalue weighted by Gasteiger charge is 2.43. The second-order valence-electron chi connectivity index (χ2n) is 9.09. The van der Waals surface area contributed by atoms with Crippen molar-refractivity contribution in [2.75, 3.05) is 12.0 Å². The molecular weight excluding hydrogens is 584 g/mol. The maximum Gasteiger partial charge on any atom is 0.303 e. The summed E-state index contributed by atoms with van der Waals surface area (Å²) in [6.45, 7) is 5.66. The number of ether oxygens (including phenoxy) is 5. The Hall–Kier alpha value is -5.41. The number of esters is 5. The third-order valence-corrected chi connectivity index (χ3v) is 5.38. The zero-order valence-electron chi connectivity index (χ0n) is 24.8. The van der Waals surface area contributed by atoms with E-state index in [2.05, 4.69) is 15.5 Å². The van der Waals surface area contributed by atoms with Crippen LogP contribution in [0.2, 0.25) is 0 Å². The first kappa shape index (κ1) is 34.8. The summed E-state index contributed by atoms with van der Waals surface area (Å²) in [6, 6.07) is 9.75. The van der Waals surface area contributed by atoms with E-state index in [1.807, 2.05) is 0 Å². The molecule has 0 aliphatic rings. The van der Waals surface area contributed by atoms with E-state index in [0.717, 1.165) is 53.8 Å². The zero-order chi connectivity index (χ0) is 33.0. The lowest BCUT2D eigenvalue weighted by atomic mass is 10.0. The standard InChI is InChI=1S/C28H32N4O12/c1-15(33)32-25(39)12-22(21-10-8-7-9-11-21)30-28(32)31-29-13-23(41-17(3)35)26(43-19(5)37)27(44-20(6)38)24(42-18(4)36)14-40-16(2)34/h7-13,23-24,26-27H,14H2,1-6H3,(H,30,31)/b29-13+/t23-,24-,26-,27-/m1/s1. The number of aromatic nitrogens is 2. The molecule has 0 spiro atoms. The van der Waals surface area contributed by atoms with Crippen LogP contribution >= 0.6 is 0 Å². The van der Waals surface area contributed by atoms with Crippen molar-refractivity contribution >= 4 is 47.9 Å². The number of carbonyl (C=O) groups is 6. The number of nitrogens with one attached hydrogen (secondary N) is 1. The highest BCUT2D eigenvalue weighted by atomic mass is 16.6. The largest absolute Gasteiger partial charge is 0.462 e. The highest BCUT2D eigenvalue weighted by molar-refractivity contribution is 5.80. The van der Waals surface area contributed by atoms with Crippen molar-refractivity contribution in [3.8, 4) is 11.3 Å². The Morgan fingerprint density at radius 3 is 1.91 bits per heavy atom. The summed E-state index contributed by atoms with van der Waals surface area (Å²) >= 11 is 0.